The Labute approximate surface area is 172 Å². The fourth-order valence-corrected chi connectivity index (χ4v) is 2.46. The van der Waals surface area contributed by atoms with E-state index >= 15 is 0 Å². The summed E-state index contributed by atoms with van der Waals surface area (Å²) in [6.45, 7) is 2.08. The molecule has 29 heavy (non-hydrogen) atoms. The number of esters is 2. The van der Waals surface area contributed by atoms with Crippen molar-refractivity contribution in [1.29, 1.82) is 0 Å². The summed E-state index contributed by atoms with van der Waals surface area (Å²) in [4.78, 5) is 28.1. The predicted octanol–water partition coefficient (Wildman–Crippen LogP) is 3.78. The van der Waals surface area contributed by atoms with Crippen LogP contribution in [0.5, 0.6) is 0 Å². The van der Waals surface area contributed by atoms with Gasteiger partial charge in [-0.05, 0) is 67.1 Å². The number of hydrogen-bond acceptors (Lipinski definition) is 6. The predicted molar refractivity (Wildman–Crippen MR) is 116 cm³/mol. The Morgan fingerprint density at radius 1 is 0.759 bits per heavy atom. The van der Waals surface area contributed by atoms with Crippen LogP contribution in [0.3, 0.4) is 0 Å². The van der Waals surface area contributed by atoms with Gasteiger partial charge >= 0.3 is 11.9 Å². The minimum absolute atomic E-state index is 0.120. The molecule has 6 heteroatoms. The van der Waals surface area contributed by atoms with Gasteiger partial charge in [0.15, 0.2) is 0 Å². The van der Waals surface area contributed by atoms with Crippen molar-refractivity contribution in [3.8, 4) is 0 Å². The number of rotatable bonds is 8. The Morgan fingerprint density at radius 2 is 1.17 bits per heavy atom. The maximum atomic E-state index is 12.1. The zero-order valence-corrected chi connectivity index (χ0v) is 17.6. The molecule has 0 amide bonds. The van der Waals surface area contributed by atoms with Gasteiger partial charge in [-0.3, -0.25) is 0 Å². The van der Waals surface area contributed by atoms with E-state index in [1.165, 1.54) is 0 Å². The molecule has 0 aliphatic rings. The highest BCUT2D eigenvalue weighted by atomic mass is 16.5. The molecule has 6 nitrogen and oxygen atoms in total. The van der Waals surface area contributed by atoms with Crippen LogP contribution in [0.25, 0.3) is 0 Å². The van der Waals surface area contributed by atoms with Crippen LogP contribution in [-0.4, -0.2) is 53.3 Å². The smallest absolute Gasteiger partial charge is 0.338 e. The lowest BCUT2D eigenvalue weighted by Gasteiger charge is -2.12. The standard InChI is InChI=1S/C23H28N2O4/c1-17(16-29-23(27)19-8-12-21(13-9-19)25(4)5)14-15-28-22(26)18-6-10-20(11-7-18)24(2)3/h6-14H,15-16H2,1-5H3/b17-14+. The van der Waals surface area contributed by atoms with Crippen molar-refractivity contribution in [3.05, 3.63) is 71.3 Å². The highest BCUT2D eigenvalue weighted by Gasteiger charge is 2.09. The van der Waals surface area contributed by atoms with E-state index in [1.807, 2.05) is 69.2 Å². The van der Waals surface area contributed by atoms with Crippen molar-refractivity contribution >= 4 is 23.3 Å². The fraction of sp³-hybridized carbons (Fsp3) is 0.304. The van der Waals surface area contributed by atoms with Crippen molar-refractivity contribution < 1.29 is 19.1 Å². The zero-order valence-electron chi connectivity index (χ0n) is 17.6. The van der Waals surface area contributed by atoms with Gasteiger partial charge in [-0.1, -0.05) is 0 Å². The number of nitrogens with zero attached hydrogens (tertiary/aromatic N) is 2. The lowest BCUT2D eigenvalue weighted by Crippen LogP contribution is -2.11. The second-order valence-corrected chi connectivity index (χ2v) is 7.11. The minimum Gasteiger partial charge on any atom is -0.458 e. The van der Waals surface area contributed by atoms with Crippen LogP contribution in [-0.2, 0) is 9.47 Å². The van der Waals surface area contributed by atoms with Crippen LogP contribution in [0, 0.1) is 0 Å². The Bertz CT molecular complexity index is 853. The molecular formula is C23H28N2O4. The molecule has 0 bridgehead atoms. The largest absolute Gasteiger partial charge is 0.458 e. The molecule has 0 saturated carbocycles. The van der Waals surface area contributed by atoms with Crippen molar-refractivity contribution in [2.75, 3.05) is 51.2 Å². The zero-order chi connectivity index (χ0) is 21.4. The molecule has 0 aliphatic carbocycles. The first-order valence-electron chi connectivity index (χ1n) is 9.32. The second kappa shape index (κ2) is 10.3. The van der Waals surface area contributed by atoms with Crippen molar-refractivity contribution in [2.24, 2.45) is 0 Å². The Kier molecular flexibility index (Phi) is 7.83. The molecule has 0 radical (unpaired) electrons. The van der Waals surface area contributed by atoms with Crippen LogP contribution in [0.1, 0.15) is 27.6 Å². The molecule has 0 aliphatic heterocycles. The van der Waals surface area contributed by atoms with Gasteiger partial charge in [0.1, 0.15) is 13.2 Å². The van der Waals surface area contributed by atoms with E-state index < -0.39 is 5.97 Å². The van der Waals surface area contributed by atoms with E-state index in [0.29, 0.717) is 11.1 Å². The molecular weight excluding hydrogens is 368 g/mol. The summed E-state index contributed by atoms with van der Waals surface area (Å²) in [7, 11) is 7.75. The third-order valence-electron chi connectivity index (χ3n) is 4.32. The Morgan fingerprint density at radius 3 is 1.59 bits per heavy atom. The first-order valence-corrected chi connectivity index (χ1v) is 9.32. The number of benzene rings is 2. The average molecular weight is 396 g/mol. The van der Waals surface area contributed by atoms with Gasteiger partial charge in [-0.25, -0.2) is 9.59 Å². The van der Waals surface area contributed by atoms with E-state index in [9.17, 15) is 9.59 Å². The summed E-state index contributed by atoms with van der Waals surface area (Å²) in [5.41, 5.74) is 3.82. The molecule has 2 aromatic rings. The van der Waals surface area contributed by atoms with Gasteiger partial charge in [-0.15, -0.1) is 0 Å². The molecule has 2 aromatic carbocycles. The number of anilines is 2. The molecule has 0 aromatic heterocycles. The van der Waals surface area contributed by atoms with Gasteiger partial charge in [0.25, 0.3) is 0 Å². The monoisotopic (exact) mass is 396 g/mol. The maximum Gasteiger partial charge on any atom is 0.338 e. The summed E-state index contributed by atoms with van der Waals surface area (Å²) in [5, 5.41) is 0. The van der Waals surface area contributed by atoms with Crippen molar-refractivity contribution in [1.82, 2.24) is 0 Å². The lowest BCUT2D eigenvalue weighted by molar-refractivity contribution is 0.0519. The molecule has 0 saturated heterocycles. The lowest BCUT2D eigenvalue weighted by atomic mass is 10.2. The molecule has 0 unspecified atom stereocenters. The summed E-state index contributed by atoms with van der Waals surface area (Å²) in [6, 6.07) is 14.4. The van der Waals surface area contributed by atoms with Crippen molar-refractivity contribution in [2.45, 2.75) is 6.92 Å². The quantitative estimate of drug-likeness (QED) is 0.500. The van der Waals surface area contributed by atoms with Crippen LogP contribution in [0.15, 0.2) is 60.2 Å². The average Bonchev–Trinajstić information content (AvgIpc) is 2.72. The summed E-state index contributed by atoms with van der Waals surface area (Å²) < 4.78 is 10.6. The van der Waals surface area contributed by atoms with Crippen LogP contribution < -0.4 is 9.80 Å². The molecule has 0 spiro atoms. The third kappa shape index (κ3) is 6.68. The SMILES string of the molecule is C/C(=C\COC(=O)c1ccc(N(C)C)cc1)COC(=O)c1ccc(N(C)C)cc1. The van der Waals surface area contributed by atoms with E-state index in [-0.39, 0.29) is 19.2 Å². The number of carbonyl (C=O) groups excluding carboxylic acids is 2. The number of hydrogen-bond donors (Lipinski definition) is 0. The normalized spacial score (nSPS) is 11.0. The second-order valence-electron chi connectivity index (χ2n) is 7.11. The first-order chi connectivity index (χ1) is 13.8. The molecule has 2 rings (SSSR count). The molecule has 0 N–H and O–H groups in total. The van der Waals surface area contributed by atoms with Gasteiger partial charge in [0.05, 0.1) is 11.1 Å². The molecule has 0 atom stereocenters. The number of ether oxygens (including phenoxy) is 2. The fourth-order valence-electron chi connectivity index (χ4n) is 2.46. The maximum absolute atomic E-state index is 12.1. The van der Waals surface area contributed by atoms with Crippen LogP contribution in [0.4, 0.5) is 11.4 Å². The van der Waals surface area contributed by atoms with E-state index in [1.54, 1.807) is 30.3 Å². The number of carbonyl (C=O) groups is 2. The Hall–Kier alpha value is -3.28. The molecule has 154 valence electrons. The van der Waals surface area contributed by atoms with E-state index in [0.717, 1.165) is 16.9 Å². The third-order valence-corrected chi connectivity index (χ3v) is 4.32. The topological polar surface area (TPSA) is 59.1 Å². The molecule has 0 fully saturated rings. The van der Waals surface area contributed by atoms with E-state index in [2.05, 4.69) is 0 Å². The van der Waals surface area contributed by atoms with Gasteiger partial charge < -0.3 is 19.3 Å². The first kappa shape index (κ1) is 22.0. The summed E-state index contributed by atoms with van der Waals surface area (Å²) in [5.74, 6) is -0.779. The van der Waals surface area contributed by atoms with Gasteiger partial charge in [0, 0.05) is 39.6 Å². The van der Waals surface area contributed by atoms with Crippen LogP contribution in [0.2, 0.25) is 0 Å². The highest BCUT2D eigenvalue weighted by Crippen LogP contribution is 2.14. The van der Waals surface area contributed by atoms with Crippen molar-refractivity contribution in [3.63, 3.8) is 0 Å². The van der Waals surface area contributed by atoms with E-state index in [4.69, 9.17) is 9.47 Å². The summed E-state index contributed by atoms with van der Waals surface area (Å²) >= 11 is 0. The Balaban J connectivity index is 1.79. The highest BCUT2D eigenvalue weighted by molar-refractivity contribution is 5.90. The summed E-state index contributed by atoms with van der Waals surface area (Å²) in [6.07, 6.45) is 1.73. The van der Waals surface area contributed by atoms with Gasteiger partial charge in [-0.2, -0.15) is 0 Å². The van der Waals surface area contributed by atoms with Gasteiger partial charge in [0.2, 0.25) is 0 Å². The molecule has 0 heterocycles. The minimum atomic E-state index is -0.391. The van der Waals surface area contributed by atoms with Crippen LogP contribution >= 0.6 is 0 Å².